The van der Waals surface area contributed by atoms with Gasteiger partial charge in [-0.2, -0.15) is 13.2 Å². The quantitative estimate of drug-likeness (QED) is 0.135. The van der Waals surface area contributed by atoms with Gasteiger partial charge in [0.15, 0.2) is 17.7 Å². The Kier molecular flexibility index (Phi) is 7.88. The van der Waals surface area contributed by atoms with E-state index in [0.717, 1.165) is 18.2 Å². The van der Waals surface area contributed by atoms with Crippen LogP contribution in [0.15, 0.2) is 54.6 Å². The normalized spacial score (nSPS) is 12.0. The summed E-state index contributed by atoms with van der Waals surface area (Å²) in [6, 6.07) is 9.57. The van der Waals surface area contributed by atoms with E-state index in [2.05, 4.69) is 4.74 Å². The molecule has 0 radical (unpaired) electrons. The molecule has 0 bridgehead atoms. The molecular formula is C23H16ClF4NO7. The Morgan fingerprint density at radius 2 is 1.61 bits per heavy atom. The number of nitro groups is 1. The average Bonchev–Trinajstić information content (AvgIpc) is 2.81. The Morgan fingerprint density at radius 3 is 2.17 bits per heavy atom. The fourth-order valence-corrected chi connectivity index (χ4v) is 3.11. The lowest BCUT2D eigenvalue weighted by Crippen LogP contribution is -2.24. The maximum atomic E-state index is 14.3. The van der Waals surface area contributed by atoms with E-state index < -0.39 is 51.0 Å². The molecule has 0 fully saturated rings. The van der Waals surface area contributed by atoms with E-state index >= 15 is 0 Å². The molecule has 0 spiro atoms. The van der Waals surface area contributed by atoms with Crippen LogP contribution in [0.25, 0.3) is 0 Å². The van der Waals surface area contributed by atoms with Gasteiger partial charge in [-0.3, -0.25) is 10.1 Å². The maximum Gasteiger partial charge on any atom is 0.416 e. The van der Waals surface area contributed by atoms with Gasteiger partial charge in [-0.25, -0.2) is 9.18 Å². The molecule has 0 saturated heterocycles. The zero-order valence-corrected chi connectivity index (χ0v) is 19.2. The topological polar surface area (TPSA) is 97.1 Å². The van der Waals surface area contributed by atoms with Gasteiger partial charge in [0.25, 0.3) is 0 Å². The van der Waals surface area contributed by atoms with Crippen molar-refractivity contribution in [2.75, 3.05) is 7.11 Å². The molecular weight excluding hydrogens is 514 g/mol. The zero-order chi connectivity index (χ0) is 26.6. The van der Waals surface area contributed by atoms with Gasteiger partial charge in [0, 0.05) is 12.1 Å². The van der Waals surface area contributed by atoms with Gasteiger partial charge >= 0.3 is 17.8 Å². The molecule has 190 valence electrons. The number of alkyl halides is 3. The highest BCUT2D eigenvalue weighted by Crippen LogP contribution is 2.41. The summed E-state index contributed by atoms with van der Waals surface area (Å²) in [5, 5.41) is 10.8. The van der Waals surface area contributed by atoms with Crippen LogP contribution in [0.2, 0.25) is 5.02 Å². The van der Waals surface area contributed by atoms with E-state index in [-0.39, 0.29) is 23.3 Å². The first-order chi connectivity index (χ1) is 16.9. The predicted octanol–water partition coefficient (Wildman–Crippen LogP) is 6.93. The third-order valence-corrected chi connectivity index (χ3v) is 4.85. The molecule has 0 saturated carbocycles. The summed E-state index contributed by atoms with van der Waals surface area (Å²) in [5.74, 6) is -2.75. The van der Waals surface area contributed by atoms with E-state index in [9.17, 15) is 32.5 Å². The lowest BCUT2D eigenvalue weighted by atomic mass is 10.2. The molecule has 0 aromatic heterocycles. The van der Waals surface area contributed by atoms with Crippen LogP contribution in [0.5, 0.6) is 28.7 Å². The van der Waals surface area contributed by atoms with Crippen LogP contribution < -0.4 is 14.2 Å². The molecule has 0 aliphatic carbocycles. The van der Waals surface area contributed by atoms with Crippen molar-refractivity contribution in [3.05, 3.63) is 81.1 Å². The Labute approximate surface area is 206 Å². The van der Waals surface area contributed by atoms with Crippen molar-refractivity contribution in [1.29, 1.82) is 0 Å². The van der Waals surface area contributed by atoms with Crippen molar-refractivity contribution >= 4 is 23.3 Å². The monoisotopic (exact) mass is 529 g/mol. The molecule has 3 aromatic carbocycles. The van der Waals surface area contributed by atoms with Gasteiger partial charge in [0.05, 0.1) is 22.6 Å². The standard InChI is InChI=1S/C23H16ClF4NO7/c1-12(22(30)33-2)34-14-3-5-15(6-4-14)35-20-11-16(7-8-19(20)29(31)32)36-21-17(24)9-13(10-18(21)25)23(26,27)28/h3-12H,1-2H3. The number of rotatable bonds is 8. The Balaban J connectivity index is 1.85. The predicted molar refractivity (Wildman–Crippen MR) is 118 cm³/mol. The summed E-state index contributed by atoms with van der Waals surface area (Å²) < 4.78 is 73.6. The van der Waals surface area contributed by atoms with Crippen molar-refractivity contribution < 1.29 is 46.2 Å². The van der Waals surface area contributed by atoms with Crippen LogP contribution in [0.1, 0.15) is 12.5 Å². The largest absolute Gasteiger partial charge is 0.479 e. The van der Waals surface area contributed by atoms with E-state index in [1.54, 1.807) is 0 Å². The van der Waals surface area contributed by atoms with Crippen molar-refractivity contribution in [2.45, 2.75) is 19.2 Å². The number of esters is 1. The second-order valence-corrected chi connectivity index (χ2v) is 7.52. The van der Waals surface area contributed by atoms with E-state index in [0.29, 0.717) is 11.8 Å². The second kappa shape index (κ2) is 10.7. The molecule has 36 heavy (non-hydrogen) atoms. The summed E-state index contributed by atoms with van der Waals surface area (Å²) in [4.78, 5) is 22.1. The van der Waals surface area contributed by atoms with E-state index in [4.69, 9.17) is 25.8 Å². The molecule has 3 aromatic rings. The molecule has 1 atom stereocenters. The van der Waals surface area contributed by atoms with Crippen molar-refractivity contribution in [3.8, 4) is 28.7 Å². The minimum Gasteiger partial charge on any atom is -0.479 e. The van der Waals surface area contributed by atoms with Crippen molar-refractivity contribution in [2.24, 2.45) is 0 Å². The summed E-state index contributed by atoms with van der Waals surface area (Å²) in [7, 11) is 1.21. The average molecular weight is 530 g/mol. The smallest absolute Gasteiger partial charge is 0.416 e. The molecule has 13 heteroatoms. The van der Waals surface area contributed by atoms with Crippen molar-refractivity contribution in [1.82, 2.24) is 0 Å². The number of carbonyl (C=O) groups is 1. The highest BCUT2D eigenvalue weighted by Gasteiger charge is 2.33. The number of hydrogen-bond donors (Lipinski definition) is 0. The van der Waals surface area contributed by atoms with Gasteiger partial charge in [-0.15, -0.1) is 0 Å². The highest BCUT2D eigenvalue weighted by atomic mass is 35.5. The first kappa shape index (κ1) is 26.5. The summed E-state index contributed by atoms with van der Waals surface area (Å²) in [5.41, 5.74) is -1.78. The minimum absolute atomic E-state index is 0.132. The van der Waals surface area contributed by atoms with Gasteiger partial charge in [-0.1, -0.05) is 11.6 Å². The van der Waals surface area contributed by atoms with E-state index in [1.165, 1.54) is 38.3 Å². The van der Waals surface area contributed by atoms with Gasteiger partial charge in [-0.05, 0) is 49.4 Å². The van der Waals surface area contributed by atoms with Crippen LogP contribution in [-0.2, 0) is 15.7 Å². The summed E-state index contributed by atoms with van der Waals surface area (Å²) in [6.07, 6.45) is -5.70. The number of hydrogen-bond acceptors (Lipinski definition) is 7. The SMILES string of the molecule is COC(=O)C(C)Oc1ccc(Oc2cc(Oc3c(F)cc(C(F)(F)F)cc3Cl)ccc2[N+](=O)[O-])cc1. The molecule has 0 N–H and O–H groups in total. The molecule has 0 amide bonds. The molecule has 3 rings (SSSR count). The van der Waals surface area contributed by atoms with Crippen molar-refractivity contribution in [3.63, 3.8) is 0 Å². The number of nitrogens with zero attached hydrogens (tertiary/aromatic N) is 1. The first-order valence-corrected chi connectivity index (χ1v) is 10.3. The van der Waals surface area contributed by atoms with Crippen LogP contribution in [0, 0.1) is 15.9 Å². The Morgan fingerprint density at radius 1 is 1.00 bits per heavy atom. The number of halogens is 5. The highest BCUT2D eigenvalue weighted by molar-refractivity contribution is 6.32. The molecule has 8 nitrogen and oxygen atoms in total. The fourth-order valence-electron chi connectivity index (χ4n) is 2.86. The molecule has 1 unspecified atom stereocenters. The van der Waals surface area contributed by atoms with Crippen LogP contribution in [0.3, 0.4) is 0 Å². The first-order valence-electron chi connectivity index (χ1n) is 9.94. The van der Waals surface area contributed by atoms with E-state index in [1.807, 2.05) is 0 Å². The summed E-state index contributed by atoms with van der Waals surface area (Å²) in [6.45, 7) is 1.48. The molecule has 0 aliphatic rings. The summed E-state index contributed by atoms with van der Waals surface area (Å²) >= 11 is 5.78. The zero-order valence-electron chi connectivity index (χ0n) is 18.5. The number of carbonyl (C=O) groups excluding carboxylic acids is 1. The number of benzene rings is 3. The lowest BCUT2D eigenvalue weighted by molar-refractivity contribution is -0.385. The third kappa shape index (κ3) is 6.33. The third-order valence-electron chi connectivity index (χ3n) is 4.57. The molecule has 0 aliphatic heterocycles. The number of methoxy groups -OCH3 is 1. The fraction of sp³-hybridized carbons (Fsp3) is 0.174. The number of ether oxygens (including phenoxy) is 4. The van der Waals surface area contributed by atoms with Crippen LogP contribution >= 0.6 is 11.6 Å². The van der Waals surface area contributed by atoms with Gasteiger partial charge in [0.1, 0.15) is 17.2 Å². The number of nitro benzene ring substituents is 1. The maximum absolute atomic E-state index is 14.3. The lowest BCUT2D eigenvalue weighted by Gasteiger charge is -2.14. The Bertz CT molecular complexity index is 1260. The minimum atomic E-state index is -4.82. The van der Waals surface area contributed by atoms with Gasteiger partial charge in [0.2, 0.25) is 5.75 Å². The van der Waals surface area contributed by atoms with Gasteiger partial charge < -0.3 is 18.9 Å². The van der Waals surface area contributed by atoms with Crippen LogP contribution in [0.4, 0.5) is 23.2 Å². The Hall–Kier alpha value is -4.06. The molecule has 0 heterocycles. The second-order valence-electron chi connectivity index (χ2n) is 7.11. The van der Waals surface area contributed by atoms with Crippen LogP contribution in [-0.4, -0.2) is 24.1 Å².